The van der Waals surface area contributed by atoms with Crippen molar-refractivity contribution in [3.8, 4) is 16.9 Å². The van der Waals surface area contributed by atoms with Crippen LogP contribution in [-0.4, -0.2) is 29.0 Å². The second-order valence-electron chi connectivity index (χ2n) is 7.88. The summed E-state index contributed by atoms with van der Waals surface area (Å²) < 4.78 is 5.15. The number of aromatic nitrogens is 2. The summed E-state index contributed by atoms with van der Waals surface area (Å²) in [5, 5.41) is 6.38. The zero-order chi connectivity index (χ0) is 21.5. The molecule has 1 aliphatic rings. The molecule has 0 atom stereocenters. The van der Waals surface area contributed by atoms with Crippen molar-refractivity contribution in [2.24, 2.45) is 0 Å². The molecule has 4 rings (SSSR count). The summed E-state index contributed by atoms with van der Waals surface area (Å²) in [4.78, 5) is 21.4. The number of rotatable bonds is 7. The van der Waals surface area contributed by atoms with Crippen LogP contribution in [0.1, 0.15) is 48.0 Å². The molecule has 2 N–H and O–H groups in total. The Hall–Kier alpha value is -3.41. The van der Waals surface area contributed by atoms with E-state index in [1.807, 2.05) is 60.9 Å². The van der Waals surface area contributed by atoms with E-state index in [1.54, 1.807) is 7.11 Å². The normalized spacial score (nSPS) is 14.1. The summed E-state index contributed by atoms with van der Waals surface area (Å²) in [6.45, 7) is 0.466. The predicted molar refractivity (Wildman–Crippen MR) is 122 cm³/mol. The van der Waals surface area contributed by atoms with Crippen LogP contribution in [0.2, 0.25) is 0 Å². The van der Waals surface area contributed by atoms with E-state index >= 15 is 0 Å². The summed E-state index contributed by atoms with van der Waals surface area (Å²) in [5.74, 6) is 1.38. The van der Waals surface area contributed by atoms with Crippen molar-refractivity contribution in [3.05, 3.63) is 72.1 Å². The summed E-state index contributed by atoms with van der Waals surface area (Å²) in [6.07, 6.45) is 9.91. The number of nitrogens with zero attached hydrogens (tertiary/aromatic N) is 2. The monoisotopic (exact) mass is 416 g/mol. The lowest BCUT2D eigenvalue weighted by atomic mass is 9.96. The summed E-state index contributed by atoms with van der Waals surface area (Å²) in [6, 6.07) is 15.6. The maximum absolute atomic E-state index is 12.5. The Kier molecular flexibility index (Phi) is 6.77. The zero-order valence-corrected chi connectivity index (χ0v) is 17.8. The van der Waals surface area contributed by atoms with Gasteiger partial charge in [0.25, 0.3) is 5.91 Å². The number of benzene rings is 2. The van der Waals surface area contributed by atoms with Crippen LogP contribution in [0.25, 0.3) is 11.1 Å². The molecule has 160 valence electrons. The van der Waals surface area contributed by atoms with Gasteiger partial charge in [-0.1, -0.05) is 43.5 Å². The summed E-state index contributed by atoms with van der Waals surface area (Å²) in [5.41, 5.74) is 3.55. The lowest BCUT2D eigenvalue weighted by Crippen LogP contribution is -2.23. The first-order valence-electron chi connectivity index (χ1n) is 10.8. The molecule has 6 nitrogen and oxygen atoms in total. The molecular weight excluding hydrogens is 388 g/mol. The standard InChI is InChI=1S/C25H28N4O2/c1-31-23-13-7-18(8-14-23)15-26-24(30)20-11-9-19(10-12-20)21-16-27-25(28-17-21)29-22-5-3-2-4-6-22/h7-14,16-17,22H,2-6,15H2,1H3,(H,26,30)(H,27,28,29). The Morgan fingerprint density at radius 1 is 0.935 bits per heavy atom. The highest BCUT2D eigenvalue weighted by atomic mass is 16.5. The maximum Gasteiger partial charge on any atom is 0.251 e. The van der Waals surface area contributed by atoms with E-state index < -0.39 is 0 Å². The number of carbonyl (C=O) groups is 1. The molecule has 31 heavy (non-hydrogen) atoms. The largest absolute Gasteiger partial charge is 0.497 e. The van der Waals surface area contributed by atoms with Gasteiger partial charge in [-0.05, 0) is 48.2 Å². The second-order valence-corrected chi connectivity index (χ2v) is 7.88. The van der Waals surface area contributed by atoms with Crippen LogP contribution in [0, 0.1) is 0 Å². The van der Waals surface area contributed by atoms with Crippen molar-refractivity contribution in [1.82, 2.24) is 15.3 Å². The van der Waals surface area contributed by atoms with Crippen LogP contribution in [0.3, 0.4) is 0 Å². The molecule has 0 radical (unpaired) electrons. The highest BCUT2D eigenvalue weighted by Crippen LogP contribution is 2.22. The van der Waals surface area contributed by atoms with Gasteiger partial charge in [0.05, 0.1) is 7.11 Å². The van der Waals surface area contributed by atoms with Gasteiger partial charge in [0.2, 0.25) is 5.95 Å². The van der Waals surface area contributed by atoms with Crippen LogP contribution in [0.15, 0.2) is 60.9 Å². The first kappa shape index (κ1) is 20.8. The lowest BCUT2D eigenvalue weighted by Gasteiger charge is -2.22. The van der Waals surface area contributed by atoms with Gasteiger partial charge in [-0.2, -0.15) is 0 Å². The van der Waals surface area contributed by atoms with E-state index in [-0.39, 0.29) is 5.91 Å². The molecule has 1 fully saturated rings. The van der Waals surface area contributed by atoms with Gasteiger partial charge in [0.15, 0.2) is 0 Å². The van der Waals surface area contributed by atoms with Crippen molar-refractivity contribution < 1.29 is 9.53 Å². The van der Waals surface area contributed by atoms with Gasteiger partial charge in [-0.15, -0.1) is 0 Å². The highest BCUT2D eigenvalue weighted by Gasteiger charge is 2.14. The van der Waals surface area contributed by atoms with Gasteiger partial charge in [-0.25, -0.2) is 9.97 Å². The topological polar surface area (TPSA) is 76.1 Å². The van der Waals surface area contributed by atoms with Crippen LogP contribution < -0.4 is 15.4 Å². The quantitative estimate of drug-likeness (QED) is 0.577. The van der Waals surface area contributed by atoms with Crippen molar-refractivity contribution >= 4 is 11.9 Å². The fourth-order valence-electron chi connectivity index (χ4n) is 3.82. The van der Waals surface area contributed by atoms with E-state index in [1.165, 1.54) is 32.1 Å². The molecule has 1 aliphatic carbocycles. The third kappa shape index (κ3) is 5.60. The number of hydrogen-bond donors (Lipinski definition) is 2. The van der Waals surface area contributed by atoms with Crippen molar-refractivity contribution in [3.63, 3.8) is 0 Å². The Morgan fingerprint density at radius 3 is 2.26 bits per heavy atom. The number of ether oxygens (including phenoxy) is 1. The van der Waals surface area contributed by atoms with Crippen LogP contribution >= 0.6 is 0 Å². The first-order chi connectivity index (χ1) is 15.2. The zero-order valence-electron chi connectivity index (χ0n) is 17.8. The van der Waals surface area contributed by atoms with Crippen LogP contribution in [0.4, 0.5) is 5.95 Å². The number of anilines is 1. The Morgan fingerprint density at radius 2 is 1.61 bits per heavy atom. The Labute approximate surface area is 183 Å². The van der Waals surface area contributed by atoms with E-state index in [2.05, 4.69) is 20.6 Å². The molecule has 0 unspecified atom stereocenters. The van der Waals surface area contributed by atoms with Gasteiger partial charge < -0.3 is 15.4 Å². The number of methoxy groups -OCH3 is 1. The smallest absolute Gasteiger partial charge is 0.251 e. The SMILES string of the molecule is COc1ccc(CNC(=O)c2ccc(-c3cnc(NC4CCCCC4)nc3)cc2)cc1. The molecular formula is C25H28N4O2. The third-order valence-corrected chi connectivity index (χ3v) is 5.68. The molecule has 0 spiro atoms. The molecule has 1 heterocycles. The predicted octanol–water partition coefficient (Wildman–Crippen LogP) is 4.83. The maximum atomic E-state index is 12.5. The number of carbonyl (C=O) groups excluding carboxylic acids is 1. The molecule has 0 bridgehead atoms. The molecule has 0 aliphatic heterocycles. The number of nitrogens with one attached hydrogen (secondary N) is 2. The summed E-state index contributed by atoms with van der Waals surface area (Å²) in [7, 11) is 1.63. The van der Waals surface area contributed by atoms with Crippen molar-refractivity contribution in [2.75, 3.05) is 12.4 Å². The van der Waals surface area contributed by atoms with E-state index in [0.29, 0.717) is 24.1 Å². The van der Waals surface area contributed by atoms with Gasteiger partial charge in [0.1, 0.15) is 5.75 Å². The van der Waals surface area contributed by atoms with Crippen molar-refractivity contribution in [1.29, 1.82) is 0 Å². The fraction of sp³-hybridized carbons (Fsp3) is 0.320. The molecule has 2 aromatic carbocycles. The molecule has 1 amide bonds. The van der Waals surface area contributed by atoms with E-state index in [4.69, 9.17) is 4.74 Å². The lowest BCUT2D eigenvalue weighted by molar-refractivity contribution is 0.0951. The molecule has 1 saturated carbocycles. The number of amides is 1. The molecule has 3 aromatic rings. The second kappa shape index (κ2) is 10.1. The van der Waals surface area contributed by atoms with Crippen molar-refractivity contribution in [2.45, 2.75) is 44.7 Å². The van der Waals surface area contributed by atoms with Crippen LogP contribution in [-0.2, 0) is 6.54 Å². The Balaban J connectivity index is 1.33. The first-order valence-corrected chi connectivity index (χ1v) is 10.8. The highest BCUT2D eigenvalue weighted by molar-refractivity contribution is 5.94. The summed E-state index contributed by atoms with van der Waals surface area (Å²) >= 11 is 0. The molecule has 1 aromatic heterocycles. The Bertz CT molecular complexity index is 980. The third-order valence-electron chi connectivity index (χ3n) is 5.68. The average molecular weight is 417 g/mol. The van der Waals surface area contributed by atoms with E-state index in [9.17, 15) is 4.79 Å². The van der Waals surface area contributed by atoms with Crippen LogP contribution in [0.5, 0.6) is 5.75 Å². The number of hydrogen-bond acceptors (Lipinski definition) is 5. The minimum absolute atomic E-state index is 0.106. The van der Waals surface area contributed by atoms with Gasteiger partial charge in [-0.3, -0.25) is 4.79 Å². The molecule has 6 heteroatoms. The minimum atomic E-state index is -0.106. The molecule has 0 saturated heterocycles. The fourth-order valence-corrected chi connectivity index (χ4v) is 3.82. The van der Waals surface area contributed by atoms with E-state index in [0.717, 1.165) is 22.4 Å². The van der Waals surface area contributed by atoms with Gasteiger partial charge >= 0.3 is 0 Å². The average Bonchev–Trinajstić information content (AvgIpc) is 2.84. The minimum Gasteiger partial charge on any atom is -0.497 e. The van der Waals surface area contributed by atoms with Gasteiger partial charge in [0, 0.05) is 36.1 Å².